The Morgan fingerprint density at radius 3 is 2.50 bits per heavy atom. The molecule has 0 heterocycles. The SMILES string of the molecule is NC(=O)NNC(=O)COCC(=O)Nc1cccc(Br)c1. The summed E-state index contributed by atoms with van der Waals surface area (Å²) in [6.07, 6.45) is 0. The van der Waals surface area contributed by atoms with Gasteiger partial charge in [0.25, 0.3) is 5.91 Å². The van der Waals surface area contributed by atoms with E-state index in [0.29, 0.717) is 5.69 Å². The van der Waals surface area contributed by atoms with E-state index in [9.17, 15) is 14.4 Å². The lowest BCUT2D eigenvalue weighted by Gasteiger charge is -2.07. The number of hydrogen-bond acceptors (Lipinski definition) is 4. The molecule has 0 fully saturated rings. The number of carbonyl (C=O) groups excluding carboxylic acids is 3. The highest BCUT2D eigenvalue weighted by Gasteiger charge is 2.06. The Bertz CT molecular complexity index is 509. The van der Waals surface area contributed by atoms with Crippen molar-refractivity contribution in [2.75, 3.05) is 18.5 Å². The third-order valence-electron chi connectivity index (χ3n) is 1.90. The average Bonchev–Trinajstić information content (AvgIpc) is 2.36. The topological polar surface area (TPSA) is 123 Å². The third kappa shape index (κ3) is 6.71. The number of rotatable bonds is 5. The van der Waals surface area contributed by atoms with Gasteiger partial charge in [-0.05, 0) is 18.2 Å². The molecule has 0 spiro atoms. The van der Waals surface area contributed by atoms with E-state index in [-0.39, 0.29) is 13.2 Å². The molecule has 0 radical (unpaired) electrons. The van der Waals surface area contributed by atoms with Crippen LogP contribution in [0.4, 0.5) is 10.5 Å². The van der Waals surface area contributed by atoms with Gasteiger partial charge in [0.1, 0.15) is 13.2 Å². The first-order valence-corrected chi connectivity index (χ1v) is 6.24. The molecule has 20 heavy (non-hydrogen) atoms. The molecule has 0 saturated carbocycles. The lowest BCUT2D eigenvalue weighted by Crippen LogP contribution is -2.46. The van der Waals surface area contributed by atoms with Crippen molar-refractivity contribution in [1.82, 2.24) is 10.9 Å². The molecule has 4 amide bonds. The van der Waals surface area contributed by atoms with Crippen LogP contribution in [0.25, 0.3) is 0 Å². The Balaban J connectivity index is 2.23. The van der Waals surface area contributed by atoms with Crippen LogP contribution in [-0.4, -0.2) is 31.1 Å². The molecular weight excluding hydrogens is 332 g/mol. The third-order valence-corrected chi connectivity index (χ3v) is 2.39. The van der Waals surface area contributed by atoms with Crippen LogP contribution in [0, 0.1) is 0 Å². The van der Waals surface area contributed by atoms with Gasteiger partial charge in [-0.1, -0.05) is 22.0 Å². The molecule has 0 atom stereocenters. The number of primary amides is 1. The quantitative estimate of drug-likeness (QED) is 0.566. The van der Waals surface area contributed by atoms with Crippen molar-refractivity contribution in [3.05, 3.63) is 28.7 Å². The minimum atomic E-state index is -0.897. The summed E-state index contributed by atoms with van der Waals surface area (Å²) in [5.74, 6) is -1.03. The lowest BCUT2D eigenvalue weighted by molar-refractivity contribution is -0.129. The largest absolute Gasteiger partial charge is 0.362 e. The van der Waals surface area contributed by atoms with E-state index in [1.165, 1.54) is 0 Å². The summed E-state index contributed by atoms with van der Waals surface area (Å²) in [7, 11) is 0. The molecule has 9 heteroatoms. The first kappa shape index (κ1) is 15.9. The van der Waals surface area contributed by atoms with Crippen LogP contribution in [0.15, 0.2) is 28.7 Å². The highest BCUT2D eigenvalue weighted by atomic mass is 79.9. The molecule has 1 rings (SSSR count). The van der Waals surface area contributed by atoms with Gasteiger partial charge in [0, 0.05) is 10.2 Å². The van der Waals surface area contributed by atoms with Crippen molar-refractivity contribution in [2.45, 2.75) is 0 Å². The Morgan fingerprint density at radius 2 is 1.85 bits per heavy atom. The van der Waals surface area contributed by atoms with Gasteiger partial charge in [0.05, 0.1) is 0 Å². The van der Waals surface area contributed by atoms with Crippen molar-refractivity contribution < 1.29 is 19.1 Å². The zero-order valence-corrected chi connectivity index (χ0v) is 11.9. The Morgan fingerprint density at radius 1 is 1.15 bits per heavy atom. The predicted octanol–water partition coefficient (Wildman–Crippen LogP) is 0.104. The standard InChI is InChI=1S/C11H13BrN4O4/c12-7-2-1-3-8(4-7)14-9(17)5-20-6-10(18)15-16-11(13)19/h1-4H,5-6H2,(H,14,17)(H,15,18)(H3,13,16,19). The summed E-state index contributed by atoms with van der Waals surface area (Å²) in [4.78, 5) is 32.9. The smallest absolute Gasteiger partial charge is 0.330 e. The number of anilines is 1. The van der Waals surface area contributed by atoms with Crippen molar-refractivity contribution in [3.63, 3.8) is 0 Å². The number of carbonyl (C=O) groups is 3. The highest BCUT2D eigenvalue weighted by Crippen LogP contribution is 2.15. The van der Waals surface area contributed by atoms with Gasteiger partial charge in [0.2, 0.25) is 5.91 Å². The van der Waals surface area contributed by atoms with Gasteiger partial charge in [0.15, 0.2) is 0 Å². The fourth-order valence-corrected chi connectivity index (χ4v) is 1.57. The van der Waals surface area contributed by atoms with E-state index in [0.717, 1.165) is 4.47 Å². The van der Waals surface area contributed by atoms with Gasteiger partial charge >= 0.3 is 6.03 Å². The molecule has 0 saturated heterocycles. The highest BCUT2D eigenvalue weighted by molar-refractivity contribution is 9.10. The Kier molecular flexibility index (Phi) is 6.47. The van der Waals surface area contributed by atoms with E-state index in [1.54, 1.807) is 18.2 Å². The summed E-state index contributed by atoms with van der Waals surface area (Å²) in [6.45, 7) is -0.678. The monoisotopic (exact) mass is 344 g/mol. The molecule has 8 nitrogen and oxygen atoms in total. The molecule has 108 valence electrons. The van der Waals surface area contributed by atoms with Gasteiger partial charge in [-0.15, -0.1) is 0 Å². The number of hydrogen-bond donors (Lipinski definition) is 4. The summed E-state index contributed by atoms with van der Waals surface area (Å²) < 4.78 is 5.69. The van der Waals surface area contributed by atoms with E-state index in [1.807, 2.05) is 16.9 Å². The maximum absolute atomic E-state index is 11.5. The molecule has 0 aliphatic rings. The second kappa shape index (κ2) is 8.12. The predicted molar refractivity (Wildman–Crippen MR) is 74.5 cm³/mol. The van der Waals surface area contributed by atoms with Gasteiger partial charge < -0.3 is 15.8 Å². The van der Waals surface area contributed by atoms with Gasteiger partial charge in [-0.3, -0.25) is 15.0 Å². The fourth-order valence-electron chi connectivity index (χ4n) is 1.17. The van der Waals surface area contributed by atoms with E-state index >= 15 is 0 Å². The molecule has 0 unspecified atom stereocenters. The minimum absolute atomic E-state index is 0.295. The summed E-state index contributed by atoms with van der Waals surface area (Å²) in [6, 6.07) is 6.13. The number of amides is 4. The molecule has 0 aliphatic carbocycles. The number of ether oxygens (including phenoxy) is 1. The number of halogens is 1. The van der Waals surface area contributed by atoms with Gasteiger partial charge in [-0.2, -0.15) is 0 Å². The van der Waals surface area contributed by atoms with Crippen LogP contribution in [0.1, 0.15) is 0 Å². The van der Waals surface area contributed by atoms with Crippen LogP contribution in [-0.2, 0) is 14.3 Å². The number of benzene rings is 1. The molecule has 5 N–H and O–H groups in total. The number of nitrogens with two attached hydrogens (primary N) is 1. The van der Waals surface area contributed by atoms with E-state index in [4.69, 9.17) is 10.5 Å². The molecule has 1 aromatic rings. The van der Waals surface area contributed by atoms with Crippen molar-refractivity contribution in [3.8, 4) is 0 Å². The van der Waals surface area contributed by atoms with Crippen molar-refractivity contribution in [1.29, 1.82) is 0 Å². The molecular formula is C11H13BrN4O4. The maximum atomic E-state index is 11.5. The van der Waals surface area contributed by atoms with Crippen LogP contribution < -0.4 is 21.9 Å². The van der Waals surface area contributed by atoms with Crippen LogP contribution in [0.3, 0.4) is 0 Å². The average molecular weight is 345 g/mol. The number of nitrogens with one attached hydrogen (secondary N) is 3. The minimum Gasteiger partial charge on any atom is -0.362 e. The van der Waals surface area contributed by atoms with E-state index < -0.39 is 17.8 Å². The summed E-state index contributed by atoms with van der Waals surface area (Å²) in [5.41, 5.74) is 9.22. The van der Waals surface area contributed by atoms with Crippen LogP contribution >= 0.6 is 15.9 Å². The number of hydrazine groups is 1. The molecule has 0 bridgehead atoms. The zero-order valence-electron chi connectivity index (χ0n) is 10.3. The first-order chi connectivity index (χ1) is 9.47. The van der Waals surface area contributed by atoms with E-state index in [2.05, 4.69) is 21.2 Å². The Labute approximate surface area is 123 Å². The normalized spacial score (nSPS) is 9.65. The van der Waals surface area contributed by atoms with Gasteiger partial charge in [-0.25, -0.2) is 10.2 Å². The lowest BCUT2D eigenvalue weighted by atomic mass is 10.3. The van der Waals surface area contributed by atoms with Crippen molar-refractivity contribution in [2.24, 2.45) is 5.73 Å². The maximum Gasteiger partial charge on any atom is 0.330 e. The van der Waals surface area contributed by atoms with Crippen molar-refractivity contribution >= 4 is 39.5 Å². The fraction of sp³-hybridized carbons (Fsp3) is 0.182. The summed E-state index contributed by atoms with van der Waals surface area (Å²) >= 11 is 3.27. The zero-order chi connectivity index (χ0) is 15.0. The van der Waals surface area contributed by atoms with Crippen LogP contribution in [0.2, 0.25) is 0 Å². The van der Waals surface area contributed by atoms with Crippen LogP contribution in [0.5, 0.6) is 0 Å². The number of urea groups is 1. The molecule has 1 aromatic carbocycles. The first-order valence-electron chi connectivity index (χ1n) is 5.45. The molecule has 0 aliphatic heterocycles. The second-order valence-corrected chi connectivity index (χ2v) is 4.50. The molecule has 0 aromatic heterocycles. The second-order valence-electron chi connectivity index (χ2n) is 3.59. The Hall–Kier alpha value is -2.13. The summed E-state index contributed by atoms with van der Waals surface area (Å²) in [5, 5.41) is 2.59.